The van der Waals surface area contributed by atoms with Gasteiger partial charge < -0.3 is 20.8 Å². The summed E-state index contributed by atoms with van der Waals surface area (Å²) < 4.78 is 0. The van der Waals surface area contributed by atoms with Crippen molar-refractivity contribution in [1.29, 1.82) is 0 Å². The Morgan fingerprint density at radius 3 is 2.68 bits per heavy atom. The molecule has 1 saturated heterocycles. The Balaban J connectivity index is 2.14. The fraction of sp³-hybridized carbons (Fsp3) is 0.250. The first-order valence-corrected chi connectivity index (χ1v) is 5.61. The normalized spacial score (nSPS) is 17.9. The van der Waals surface area contributed by atoms with Crippen molar-refractivity contribution in [3.8, 4) is 5.75 Å². The van der Waals surface area contributed by atoms with E-state index >= 15 is 0 Å². The second-order valence-corrected chi connectivity index (χ2v) is 4.23. The molecular formula is C12H12N2O5. The summed E-state index contributed by atoms with van der Waals surface area (Å²) >= 11 is 0. The van der Waals surface area contributed by atoms with E-state index in [1.54, 1.807) is 0 Å². The van der Waals surface area contributed by atoms with Gasteiger partial charge in [0.25, 0.3) is 0 Å². The number of anilines is 1. The third kappa shape index (κ3) is 2.82. The van der Waals surface area contributed by atoms with Gasteiger partial charge in [-0.25, -0.2) is 4.79 Å². The van der Waals surface area contributed by atoms with Gasteiger partial charge >= 0.3 is 5.97 Å². The molecule has 19 heavy (non-hydrogen) atoms. The number of carbonyl (C=O) groups is 3. The third-order valence-electron chi connectivity index (χ3n) is 2.85. The fourth-order valence-corrected chi connectivity index (χ4v) is 1.79. The lowest BCUT2D eigenvalue weighted by atomic mass is 10.1. The number of carboxylic acid groups (broad SMARTS) is 1. The van der Waals surface area contributed by atoms with Gasteiger partial charge in [0, 0.05) is 13.0 Å². The van der Waals surface area contributed by atoms with Gasteiger partial charge in [0.2, 0.25) is 11.8 Å². The number of rotatable bonds is 3. The van der Waals surface area contributed by atoms with E-state index in [1.165, 1.54) is 18.2 Å². The molecule has 0 aromatic heterocycles. The molecule has 1 aliphatic rings. The van der Waals surface area contributed by atoms with Crippen LogP contribution in [0.15, 0.2) is 18.2 Å². The highest BCUT2D eigenvalue weighted by Crippen LogP contribution is 2.25. The minimum Gasteiger partial charge on any atom is -0.506 e. The molecule has 1 unspecified atom stereocenters. The lowest BCUT2D eigenvalue weighted by molar-refractivity contribution is -0.123. The van der Waals surface area contributed by atoms with Crippen LogP contribution in [-0.4, -0.2) is 34.5 Å². The largest absolute Gasteiger partial charge is 0.506 e. The number of hydrogen-bond donors (Lipinski definition) is 4. The van der Waals surface area contributed by atoms with E-state index in [0.717, 1.165) is 0 Å². The van der Waals surface area contributed by atoms with Crippen molar-refractivity contribution in [2.24, 2.45) is 5.92 Å². The maximum Gasteiger partial charge on any atom is 0.335 e. The Labute approximate surface area is 108 Å². The van der Waals surface area contributed by atoms with Crippen LogP contribution in [0.3, 0.4) is 0 Å². The molecule has 1 aromatic carbocycles. The number of amides is 2. The summed E-state index contributed by atoms with van der Waals surface area (Å²) in [6, 6.07) is 3.59. The average molecular weight is 264 g/mol. The molecule has 1 heterocycles. The van der Waals surface area contributed by atoms with Crippen molar-refractivity contribution in [3.05, 3.63) is 23.8 Å². The minimum absolute atomic E-state index is 0.0178. The first kappa shape index (κ1) is 12.9. The number of phenols is 1. The predicted octanol–water partition coefficient (Wildman–Crippen LogP) is 0.165. The van der Waals surface area contributed by atoms with E-state index in [1.807, 2.05) is 0 Å². The Morgan fingerprint density at radius 1 is 1.37 bits per heavy atom. The van der Waals surface area contributed by atoms with Crippen LogP contribution in [0.1, 0.15) is 16.8 Å². The number of benzene rings is 1. The van der Waals surface area contributed by atoms with E-state index in [-0.39, 0.29) is 35.9 Å². The molecule has 1 fully saturated rings. The van der Waals surface area contributed by atoms with Crippen LogP contribution >= 0.6 is 0 Å². The van der Waals surface area contributed by atoms with Crippen LogP contribution in [0.2, 0.25) is 0 Å². The first-order valence-electron chi connectivity index (χ1n) is 5.61. The molecule has 2 amide bonds. The van der Waals surface area contributed by atoms with Crippen LogP contribution in [0.4, 0.5) is 5.69 Å². The Bertz CT molecular complexity index is 555. The highest BCUT2D eigenvalue weighted by atomic mass is 16.4. The van der Waals surface area contributed by atoms with Crippen molar-refractivity contribution in [1.82, 2.24) is 5.32 Å². The molecule has 1 aliphatic heterocycles. The monoisotopic (exact) mass is 264 g/mol. The Morgan fingerprint density at radius 2 is 2.11 bits per heavy atom. The summed E-state index contributed by atoms with van der Waals surface area (Å²) in [6.07, 6.45) is 0.0885. The smallest absolute Gasteiger partial charge is 0.335 e. The molecule has 0 aliphatic carbocycles. The summed E-state index contributed by atoms with van der Waals surface area (Å²) in [5, 5.41) is 23.3. The molecule has 2 rings (SSSR count). The fourth-order valence-electron chi connectivity index (χ4n) is 1.79. The Hall–Kier alpha value is -2.57. The van der Waals surface area contributed by atoms with Gasteiger partial charge in [-0.2, -0.15) is 0 Å². The zero-order chi connectivity index (χ0) is 14.0. The van der Waals surface area contributed by atoms with Crippen LogP contribution < -0.4 is 10.6 Å². The van der Waals surface area contributed by atoms with Gasteiger partial charge in [0.05, 0.1) is 17.2 Å². The molecule has 4 N–H and O–H groups in total. The van der Waals surface area contributed by atoms with Gasteiger partial charge in [0.15, 0.2) is 0 Å². The Kier molecular flexibility index (Phi) is 3.37. The van der Waals surface area contributed by atoms with E-state index in [4.69, 9.17) is 5.11 Å². The van der Waals surface area contributed by atoms with Crippen molar-refractivity contribution < 1.29 is 24.6 Å². The number of phenolic OH excluding ortho intramolecular Hbond substituents is 1. The molecule has 0 radical (unpaired) electrons. The third-order valence-corrected chi connectivity index (χ3v) is 2.85. The van der Waals surface area contributed by atoms with Gasteiger partial charge in [-0.05, 0) is 18.2 Å². The zero-order valence-corrected chi connectivity index (χ0v) is 9.84. The lowest BCUT2D eigenvalue weighted by Gasteiger charge is -2.11. The van der Waals surface area contributed by atoms with E-state index in [2.05, 4.69) is 10.6 Å². The number of aromatic carboxylic acids is 1. The maximum absolute atomic E-state index is 11.8. The topological polar surface area (TPSA) is 116 Å². The molecule has 0 saturated carbocycles. The summed E-state index contributed by atoms with van der Waals surface area (Å²) in [5.41, 5.74) is -0.0297. The highest BCUT2D eigenvalue weighted by Gasteiger charge is 2.28. The second-order valence-electron chi connectivity index (χ2n) is 4.23. The quantitative estimate of drug-likeness (QED) is 0.580. The maximum atomic E-state index is 11.8. The summed E-state index contributed by atoms with van der Waals surface area (Å²) in [6.45, 7) is 0.240. The molecule has 0 bridgehead atoms. The minimum atomic E-state index is -1.16. The van der Waals surface area contributed by atoms with E-state index < -0.39 is 17.8 Å². The second kappa shape index (κ2) is 4.97. The number of aromatic hydroxyl groups is 1. The molecule has 7 nitrogen and oxygen atoms in total. The van der Waals surface area contributed by atoms with Crippen LogP contribution in [0.5, 0.6) is 5.75 Å². The number of hydrogen-bond acceptors (Lipinski definition) is 4. The average Bonchev–Trinajstić information content (AvgIpc) is 2.78. The molecular weight excluding hydrogens is 252 g/mol. The standard InChI is InChI=1S/C12H12N2O5/c15-9-2-1-6(12(18)19)3-8(9)14-11(17)7-4-10(16)13-5-7/h1-3,7,15H,4-5H2,(H,13,16)(H,14,17)(H,18,19). The summed E-state index contributed by atoms with van der Waals surface area (Å²) in [5.74, 6) is -2.54. The summed E-state index contributed by atoms with van der Waals surface area (Å²) in [4.78, 5) is 33.6. The molecule has 7 heteroatoms. The van der Waals surface area contributed by atoms with Gasteiger partial charge in [-0.15, -0.1) is 0 Å². The number of carboxylic acids is 1. The predicted molar refractivity (Wildman–Crippen MR) is 64.8 cm³/mol. The molecule has 1 atom stereocenters. The lowest BCUT2D eigenvalue weighted by Crippen LogP contribution is -2.24. The van der Waals surface area contributed by atoms with E-state index in [0.29, 0.717) is 0 Å². The number of carbonyl (C=O) groups excluding carboxylic acids is 2. The van der Waals surface area contributed by atoms with Gasteiger partial charge in [0.1, 0.15) is 5.75 Å². The van der Waals surface area contributed by atoms with Crippen molar-refractivity contribution in [3.63, 3.8) is 0 Å². The highest BCUT2D eigenvalue weighted by molar-refractivity contribution is 5.99. The molecule has 100 valence electrons. The molecule has 0 spiro atoms. The SMILES string of the molecule is O=C1CC(C(=O)Nc2cc(C(=O)O)ccc2O)CN1. The van der Waals surface area contributed by atoms with Crippen molar-refractivity contribution in [2.45, 2.75) is 6.42 Å². The van der Waals surface area contributed by atoms with Gasteiger partial charge in [-0.1, -0.05) is 0 Å². The number of nitrogens with one attached hydrogen (secondary N) is 2. The van der Waals surface area contributed by atoms with Crippen LogP contribution in [0.25, 0.3) is 0 Å². The van der Waals surface area contributed by atoms with Crippen molar-refractivity contribution in [2.75, 3.05) is 11.9 Å². The summed E-state index contributed by atoms with van der Waals surface area (Å²) in [7, 11) is 0. The van der Waals surface area contributed by atoms with E-state index in [9.17, 15) is 19.5 Å². The van der Waals surface area contributed by atoms with Crippen molar-refractivity contribution >= 4 is 23.5 Å². The van der Waals surface area contributed by atoms with Gasteiger partial charge in [-0.3, -0.25) is 9.59 Å². The zero-order valence-electron chi connectivity index (χ0n) is 9.84. The van der Waals surface area contributed by atoms with Crippen LogP contribution in [-0.2, 0) is 9.59 Å². The molecule has 1 aromatic rings. The van der Waals surface area contributed by atoms with Crippen LogP contribution in [0, 0.1) is 5.92 Å². The first-order chi connectivity index (χ1) is 8.97.